The van der Waals surface area contributed by atoms with Crippen molar-refractivity contribution in [3.63, 3.8) is 0 Å². The van der Waals surface area contributed by atoms with Crippen molar-refractivity contribution in [3.8, 4) is 23.0 Å². The first-order valence-corrected chi connectivity index (χ1v) is 11.5. The molecule has 2 amide bonds. The van der Waals surface area contributed by atoms with Crippen molar-refractivity contribution < 1.29 is 28.5 Å². The quantitative estimate of drug-likeness (QED) is 0.362. The Labute approximate surface area is 211 Å². The molecule has 36 heavy (non-hydrogen) atoms. The van der Waals surface area contributed by atoms with Gasteiger partial charge in [-0.05, 0) is 102 Å². The highest BCUT2D eigenvalue weighted by molar-refractivity contribution is 5.85. The first kappa shape index (κ1) is 26.4. The summed E-state index contributed by atoms with van der Waals surface area (Å²) < 4.78 is 22.5. The second-order valence-corrected chi connectivity index (χ2v) is 9.95. The number of carbonyl (C=O) groups is 2. The molecule has 3 aromatic carbocycles. The molecule has 0 atom stereocenters. The summed E-state index contributed by atoms with van der Waals surface area (Å²) in [6, 6.07) is 21.1. The number of para-hydroxylation sites is 2. The van der Waals surface area contributed by atoms with Crippen LogP contribution in [0.3, 0.4) is 0 Å². The average molecular weight is 493 g/mol. The second-order valence-electron chi connectivity index (χ2n) is 9.95. The molecule has 0 spiro atoms. The molecule has 0 unspecified atom stereocenters. The van der Waals surface area contributed by atoms with Gasteiger partial charge in [0.05, 0.1) is 0 Å². The Bertz CT molecular complexity index is 1080. The van der Waals surface area contributed by atoms with Crippen molar-refractivity contribution >= 4 is 23.6 Å². The van der Waals surface area contributed by atoms with Crippen LogP contribution in [0.1, 0.15) is 41.5 Å². The first-order valence-electron chi connectivity index (χ1n) is 11.5. The predicted octanol–water partition coefficient (Wildman–Crippen LogP) is 7.97. The van der Waals surface area contributed by atoms with Crippen molar-refractivity contribution in [3.05, 3.63) is 72.8 Å². The van der Waals surface area contributed by atoms with E-state index in [1.54, 1.807) is 102 Å². The molecule has 3 rings (SSSR count). The van der Waals surface area contributed by atoms with Gasteiger partial charge in [0.25, 0.3) is 0 Å². The molecule has 0 aromatic heterocycles. The molecule has 3 aromatic rings. The van der Waals surface area contributed by atoms with Crippen molar-refractivity contribution in [2.45, 2.75) is 52.7 Å². The Morgan fingerprint density at radius 3 is 1.19 bits per heavy atom. The van der Waals surface area contributed by atoms with Gasteiger partial charge in [0, 0.05) is 11.4 Å². The number of rotatable bonds is 6. The standard InChI is InChI=1S/C28H32N2O6/c1-27(2,3)35-25(31)29-19-11-15-21(16-12-19)33-23-9-7-8-10-24(23)34-22-17-13-20(14-18-22)30-26(32)36-28(4,5)6/h7-18H,1-6H3,(H,29,31)(H,30,32). The Kier molecular flexibility index (Phi) is 8.09. The fraction of sp³-hybridized carbons (Fsp3) is 0.286. The summed E-state index contributed by atoms with van der Waals surface area (Å²) in [4.78, 5) is 23.9. The third kappa shape index (κ3) is 8.87. The minimum absolute atomic E-state index is 0.515. The molecule has 0 fully saturated rings. The van der Waals surface area contributed by atoms with Crippen LogP contribution in [0, 0.1) is 0 Å². The number of carbonyl (C=O) groups excluding carboxylic acids is 2. The number of nitrogens with one attached hydrogen (secondary N) is 2. The van der Waals surface area contributed by atoms with Crippen LogP contribution in [0.2, 0.25) is 0 Å². The van der Waals surface area contributed by atoms with Gasteiger partial charge in [-0.25, -0.2) is 9.59 Å². The molecule has 0 saturated heterocycles. The van der Waals surface area contributed by atoms with E-state index in [9.17, 15) is 9.59 Å². The summed E-state index contributed by atoms with van der Waals surface area (Å²) in [5, 5.41) is 5.37. The maximum Gasteiger partial charge on any atom is 0.412 e. The Hall–Kier alpha value is -4.20. The van der Waals surface area contributed by atoms with Crippen LogP contribution >= 0.6 is 0 Å². The van der Waals surface area contributed by atoms with Gasteiger partial charge in [0.2, 0.25) is 0 Å². The Balaban J connectivity index is 1.62. The van der Waals surface area contributed by atoms with E-state index in [-0.39, 0.29) is 0 Å². The molecule has 0 aliphatic rings. The normalized spacial score (nSPS) is 11.3. The third-order valence-electron chi connectivity index (χ3n) is 4.30. The number of hydrogen-bond acceptors (Lipinski definition) is 6. The van der Waals surface area contributed by atoms with Gasteiger partial charge >= 0.3 is 12.2 Å². The van der Waals surface area contributed by atoms with E-state index < -0.39 is 23.4 Å². The summed E-state index contributed by atoms with van der Waals surface area (Å²) in [5.74, 6) is 2.16. The van der Waals surface area contributed by atoms with Crippen molar-refractivity contribution in [1.29, 1.82) is 0 Å². The van der Waals surface area contributed by atoms with E-state index in [1.165, 1.54) is 0 Å². The Morgan fingerprint density at radius 2 is 0.889 bits per heavy atom. The van der Waals surface area contributed by atoms with Crippen LogP contribution in [-0.2, 0) is 9.47 Å². The molecular formula is C28H32N2O6. The third-order valence-corrected chi connectivity index (χ3v) is 4.30. The zero-order valence-electron chi connectivity index (χ0n) is 21.4. The van der Waals surface area contributed by atoms with Crippen LogP contribution in [0.25, 0.3) is 0 Å². The number of anilines is 2. The summed E-state index contributed by atoms with van der Waals surface area (Å²) in [6.07, 6.45) is -1.05. The minimum atomic E-state index is -0.578. The lowest BCUT2D eigenvalue weighted by molar-refractivity contribution is 0.0624. The fourth-order valence-corrected chi connectivity index (χ4v) is 2.93. The van der Waals surface area contributed by atoms with Gasteiger partial charge in [-0.15, -0.1) is 0 Å². The number of amides is 2. The maximum atomic E-state index is 11.9. The lowest BCUT2D eigenvalue weighted by atomic mass is 10.2. The van der Waals surface area contributed by atoms with Crippen LogP contribution in [-0.4, -0.2) is 23.4 Å². The molecule has 0 aliphatic heterocycles. The summed E-state index contributed by atoms with van der Waals surface area (Å²) >= 11 is 0. The van der Waals surface area contributed by atoms with Crippen LogP contribution in [0.15, 0.2) is 72.8 Å². The van der Waals surface area contributed by atoms with Gasteiger partial charge in [-0.1, -0.05) is 12.1 Å². The molecular weight excluding hydrogens is 460 g/mol. The maximum absolute atomic E-state index is 11.9. The second kappa shape index (κ2) is 11.0. The fourth-order valence-electron chi connectivity index (χ4n) is 2.93. The van der Waals surface area contributed by atoms with E-state index in [1.807, 2.05) is 12.1 Å². The molecule has 190 valence electrons. The molecule has 0 heterocycles. The van der Waals surface area contributed by atoms with E-state index in [0.717, 1.165) is 0 Å². The summed E-state index contributed by atoms with van der Waals surface area (Å²) in [7, 11) is 0. The largest absolute Gasteiger partial charge is 0.453 e. The molecule has 2 N–H and O–H groups in total. The molecule has 8 heteroatoms. The zero-order valence-corrected chi connectivity index (χ0v) is 21.4. The van der Waals surface area contributed by atoms with Crippen LogP contribution < -0.4 is 20.1 Å². The average Bonchev–Trinajstić information content (AvgIpc) is 2.75. The highest BCUT2D eigenvalue weighted by Crippen LogP contribution is 2.35. The van der Waals surface area contributed by atoms with Crippen LogP contribution in [0.4, 0.5) is 21.0 Å². The predicted molar refractivity (Wildman–Crippen MR) is 139 cm³/mol. The molecule has 0 saturated carbocycles. The Morgan fingerprint density at radius 1 is 0.556 bits per heavy atom. The monoisotopic (exact) mass is 492 g/mol. The highest BCUT2D eigenvalue weighted by atomic mass is 16.6. The molecule has 8 nitrogen and oxygen atoms in total. The highest BCUT2D eigenvalue weighted by Gasteiger charge is 2.17. The van der Waals surface area contributed by atoms with Gasteiger partial charge < -0.3 is 18.9 Å². The van der Waals surface area contributed by atoms with Gasteiger partial charge in [0.15, 0.2) is 11.5 Å². The number of hydrogen-bond donors (Lipinski definition) is 2. The zero-order chi connectivity index (χ0) is 26.3. The minimum Gasteiger partial charge on any atom is -0.453 e. The van der Waals surface area contributed by atoms with Crippen molar-refractivity contribution in [2.75, 3.05) is 10.6 Å². The van der Waals surface area contributed by atoms with E-state index in [4.69, 9.17) is 18.9 Å². The molecule has 0 bridgehead atoms. The van der Waals surface area contributed by atoms with Gasteiger partial charge in [0.1, 0.15) is 22.7 Å². The van der Waals surface area contributed by atoms with E-state index >= 15 is 0 Å². The lowest BCUT2D eigenvalue weighted by Crippen LogP contribution is -2.27. The van der Waals surface area contributed by atoms with Crippen LogP contribution in [0.5, 0.6) is 23.0 Å². The topological polar surface area (TPSA) is 95.1 Å². The van der Waals surface area contributed by atoms with Crippen molar-refractivity contribution in [2.24, 2.45) is 0 Å². The lowest BCUT2D eigenvalue weighted by Gasteiger charge is -2.20. The van der Waals surface area contributed by atoms with E-state index in [2.05, 4.69) is 10.6 Å². The summed E-state index contributed by atoms with van der Waals surface area (Å²) in [6.45, 7) is 10.8. The van der Waals surface area contributed by atoms with Crippen molar-refractivity contribution in [1.82, 2.24) is 0 Å². The SMILES string of the molecule is CC(C)(C)OC(=O)Nc1ccc(Oc2ccccc2Oc2ccc(NC(=O)OC(C)(C)C)cc2)cc1. The molecule has 0 aliphatic carbocycles. The van der Waals surface area contributed by atoms with Gasteiger partial charge in [-0.3, -0.25) is 10.6 Å². The number of ether oxygens (including phenoxy) is 4. The molecule has 0 radical (unpaired) electrons. The van der Waals surface area contributed by atoms with E-state index in [0.29, 0.717) is 34.4 Å². The summed E-state index contributed by atoms with van der Waals surface area (Å²) in [5.41, 5.74) is 0.0137. The number of benzene rings is 3. The first-order chi connectivity index (χ1) is 16.9. The smallest absolute Gasteiger partial charge is 0.412 e. The van der Waals surface area contributed by atoms with Gasteiger partial charge in [-0.2, -0.15) is 0 Å².